The van der Waals surface area contributed by atoms with Crippen molar-refractivity contribution < 1.29 is 4.57 Å². The maximum atomic E-state index is 2.22. The van der Waals surface area contributed by atoms with Gasteiger partial charge in [-0.1, -0.05) is 0 Å². The van der Waals surface area contributed by atoms with Crippen molar-refractivity contribution >= 4 is 5.57 Å². The molecule has 0 saturated carbocycles. The summed E-state index contributed by atoms with van der Waals surface area (Å²) < 4.78 is 2.22. The molecule has 0 amide bonds. The predicted molar refractivity (Wildman–Crippen MR) is 64.3 cm³/mol. The van der Waals surface area contributed by atoms with Crippen molar-refractivity contribution in [3.8, 4) is 0 Å². The van der Waals surface area contributed by atoms with Crippen LogP contribution >= 0.6 is 0 Å². The third-order valence-corrected chi connectivity index (χ3v) is 3.08. The fourth-order valence-electron chi connectivity index (χ4n) is 1.59. The van der Waals surface area contributed by atoms with Gasteiger partial charge in [0.1, 0.15) is 7.05 Å². The molecule has 0 aliphatic rings. The van der Waals surface area contributed by atoms with E-state index in [4.69, 9.17) is 0 Å². The van der Waals surface area contributed by atoms with E-state index in [2.05, 4.69) is 69.6 Å². The number of hydrogen-bond donors (Lipinski definition) is 0. The molecule has 2 nitrogen and oxygen atoms in total. The van der Waals surface area contributed by atoms with Gasteiger partial charge in [0.15, 0.2) is 5.69 Å². The highest BCUT2D eigenvalue weighted by molar-refractivity contribution is 5.61. The summed E-state index contributed by atoms with van der Waals surface area (Å²) >= 11 is 0. The average molecular weight is 205 g/mol. The first kappa shape index (κ1) is 11.8. The minimum atomic E-state index is 1.28. The van der Waals surface area contributed by atoms with Crippen LogP contribution < -0.4 is 4.57 Å². The van der Waals surface area contributed by atoms with E-state index in [-0.39, 0.29) is 0 Å². The Morgan fingerprint density at radius 2 is 1.80 bits per heavy atom. The second-order valence-corrected chi connectivity index (χ2v) is 4.22. The topological polar surface area (TPSA) is 7.12 Å². The molecule has 0 N–H and O–H groups in total. The summed E-state index contributed by atoms with van der Waals surface area (Å²) in [5.74, 6) is 0. The Morgan fingerprint density at radius 3 is 2.33 bits per heavy atom. The lowest BCUT2D eigenvalue weighted by Gasteiger charge is -2.15. The van der Waals surface area contributed by atoms with Gasteiger partial charge >= 0.3 is 0 Å². The van der Waals surface area contributed by atoms with Crippen LogP contribution in [0.15, 0.2) is 23.9 Å². The maximum absolute atomic E-state index is 2.22. The van der Waals surface area contributed by atoms with Crippen molar-refractivity contribution in [3.05, 3.63) is 35.3 Å². The van der Waals surface area contributed by atoms with E-state index in [9.17, 15) is 0 Å². The smallest absolute Gasteiger partial charge is 0.209 e. The number of hydrogen-bond acceptors (Lipinski definition) is 1. The Kier molecular flexibility index (Phi) is 3.51. The van der Waals surface area contributed by atoms with Crippen molar-refractivity contribution in [1.82, 2.24) is 4.90 Å². The summed E-state index contributed by atoms with van der Waals surface area (Å²) in [7, 11) is 6.26. The van der Waals surface area contributed by atoms with E-state index in [1.807, 2.05) is 0 Å². The summed E-state index contributed by atoms with van der Waals surface area (Å²) in [5.41, 5.74) is 5.18. The van der Waals surface area contributed by atoms with E-state index in [0.29, 0.717) is 0 Å². The molecule has 0 aromatic carbocycles. The number of rotatable bonds is 2. The summed E-state index contributed by atoms with van der Waals surface area (Å²) in [6.45, 7) is 6.45. The van der Waals surface area contributed by atoms with Crippen LogP contribution in [0, 0.1) is 6.92 Å². The second-order valence-electron chi connectivity index (χ2n) is 4.22. The van der Waals surface area contributed by atoms with Gasteiger partial charge in [0.25, 0.3) is 0 Å². The van der Waals surface area contributed by atoms with Crippen LogP contribution in [-0.2, 0) is 7.05 Å². The molecule has 0 unspecified atom stereocenters. The Balaban J connectivity index is 3.29. The molecule has 82 valence electrons. The molecule has 0 fully saturated rings. The third-order valence-electron chi connectivity index (χ3n) is 3.08. The zero-order valence-electron chi connectivity index (χ0n) is 10.6. The van der Waals surface area contributed by atoms with Gasteiger partial charge in [-0.05, 0) is 19.9 Å². The highest BCUT2D eigenvalue weighted by atomic mass is 15.1. The van der Waals surface area contributed by atoms with Gasteiger partial charge in [0.2, 0.25) is 5.69 Å². The van der Waals surface area contributed by atoms with Crippen molar-refractivity contribution in [3.63, 3.8) is 0 Å². The second kappa shape index (κ2) is 4.47. The van der Waals surface area contributed by atoms with Crippen LogP contribution in [-0.4, -0.2) is 19.0 Å². The van der Waals surface area contributed by atoms with E-state index in [1.54, 1.807) is 0 Å². The van der Waals surface area contributed by atoms with E-state index < -0.39 is 0 Å². The molecule has 0 radical (unpaired) electrons. The molecule has 1 rings (SSSR count). The molecular weight excluding hydrogens is 184 g/mol. The van der Waals surface area contributed by atoms with E-state index >= 15 is 0 Å². The molecule has 15 heavy (non-hydrogen) atoms. The van der Waals surface area contributed by atoms with Crippen molar-refractivity contribution in [2.45, 2.75) is 20.8 Å². The zero-order chi connectivity index (χ0) is 11.6. The molecule has 0 saturated heterocycles. The first-order chi connectivity index (χ1) is 6.95. The van der Waals surface area contributed by atoms with Crippen LogP contribution in [0.2, 0.25) is 0 Å². The number of allylic oxidation sites excluding steroid dienone is 2. The van der Waals surface area contributed by atoms with Crippen LogP contribution in [0.1, 0.15) is 25.2 Å². The summed E-state index contributed by atoms with van der Waals surface area (Å²) in [6.07, 6.45) is 0. The number of nitrogens with zero attached hydrogens (tertiary/aromatic N) is 2. The monoisotopic (exact) mass is 205 g/mol. The average Bonchev–Trinajstić information content (AvgIpc) is 2.20. The molecule has 0 spiro atoms. The Morgan fingerprint density at radius 1 is 1.20 bits per heavy atom. The fraction of sp³-hybridized carbons (Fsp3) is 0.462. The van der Waals surface area contributed by atoms with Crippen LogP contribution in [0.4, 0.5) is 0 Å². The number of aromatic nitrogens is 1. The Hall–Kier alpha value is -1.31. The van der Waals surface area contributed by atoms with Crippen LogP contribution in [0.3, 0.4) is 0 Å². The Bertz CT molecular complexity index is 390. The highest BCUT2D eigenvalue weighted by Crippen LogP contribution is 2.15. The normalized spacial score (nSPS) is 12.4. The highest BCUT2D eigenvalue weighted by Gasteiger charge is 2.13. The fourth-order valence-corrected chi connectivity index (χ4v) is 1.59. The van der Waals surface area contributed by atoms with Gasteiger partial charge in [-0.25, -0.2) is 0 Å². The molecule has 1 heterocycles. The minimum Gasteiger partial charge on any atom is -0.381 e. The molecular formula is C13H21N2+. The van der Waals surface area contributed by atoms with Gasteiger partial charge in [0.05, 0.1) is 0 Å². The summed E-state index contributed by atoms with van der Waals surface area (Å²) in [6, 6.07) is 6.40. The predicted octanol–water partition coefficient (Wildman–Crippen LogP) is 2.13. The van der Waals surface area contributed by atoms with E-state index in [0.717, 1.165) is 0 Å². The van der Waals surface area contributed by atoms with Gasteiger partial charge in [0, 0.05) is 44.4 Å². The quantitative estimate of drug-likeness (QED) is 0.671. The zero-order valence-corrected chi connectivity index (χ0v) is 10.6. The standard InChI is InChI=1S/C13H21N2/c1-10-8-7-9-13(15(10)6)11(2)12(3)14(4)5/h7-9H,1-6H3/q+1. The first-order valence-electron chi connectivity index (χ1n) is 5.26. The summed E-state index contributed by atoms with van der Waals surface area (Å²) in [5, 5.41) is 0. The summed E-state index contributed by atoms with van der Waals surface area (Å²) in [4.78, 5) is 2.15. The SMILES string of the molecule is C/C(=C(\C)N(C)C)c1cccc(C)[n+]1C. The van der Waals surface area contributed by atoms with Gasteiger partial charge < -0.3 is 4.90 Å². The van der Waals surface area contributed by atoms with E-state index in [1.165, 1.54) is 22.7 Å². The lowest BCUT2D eigenvalue weighted by atomic mass is 10.1. The van der Waals surface area contributed by atoms with Gasteiger partial charge in [-0.15, -0.1) is 0 Å². The molecule has 0 aliphatic heterocycles. The number of aryl methyl sites for hydroxylation is 1. The molecule has 0 aliphatic carbocycles. The number of pyridine rings is 1. The van der Waals surface area contributed by atoms with Crippen molar-refractivity contribution in [1.29, 1.82) is 0 Å². The van der Waals surface area contributed by atoms with Gasteiger partial charge in [-0.3, -0.25) is 0 Å². The first-order valence-corrected chi connectivity index (χ1v) is 5.26. The minimum absolute atomic E-state index is 1.28. The van der Waals surface area contributed by atoms with Crippen molar-refractivity contribution in [2.75, 3.05) is 14.1 Å². The third kappa shape index (κ3) is 2.38. The molecule has 0 bridgehead atoms. The van der Waals surface area contributed by atoms with Crippen LogP contribution in [0.5, 0.6) is 0 Å². The molecule has 0 atom stereocenters. The lowest BCUT2D eigenvalue weighted by molar-refractivity contribution is -0.680. The molecule has 1 aromatic heterocycles. The molecule has 2 heteroatoms. The lowest BCUT2D eigenvalue weighted by Crippen LogP contribution is -2.36. The van der Waals surface area contributed by atoms with Crippen LogP contribution in [0.25, 0.3) is 5.57 Å². The van der Waals surface area contributed by atoms with Gasteiger partial charge in [-0.2, -0.15) is 4.57 Å². The Labute approximate surface area is 92.9 Å². The molecule has 1 aromatic rings. The maximum Gasteiger partial charge on any atom is 0.209 e. The largest absolute Gasteiger partial charge is 0.381 e. The van der Waals surface area contributed by atoms with Crippen molar-refractivity contribution in [2.24, 2.45) is 7.05 Å².